The maximum absolute atomic E-state index is 10.2. The molecule has 1 rings (SSSR count). The Balaban J connectivity index is 0.000000280. The molecule has 1 aromatic heterocycles. The molecule has 1 N–H and O–H groups in total. The van der Waals surface area contributed by atoms with Crippen LogP contribution >= 0.6 is 0 Å². The van der Waals surface area contributed by atoms with E-state index in [9.17, 15) is 14.9 Å². The van der Waals surface area contributed by atoms with Gasteiger partial charge >= 0.3 is 6.04 Å². The molecule has 1 heterocycles. The van der Waals surface area contributed by atoms with Crippen LogP contribution in [0.1, 0.15) is 6.92 Å². The summed E-state index contributed by atoms with van der Waals surface area (Å²) in [6.45, 7) is 1.01. The van der Waals surface area contributed by atoms with E-state index < -0.39 is 16.7 Å². The lowest BCUT2D eigenvalue weighted by Crippen LogP contribution is -2.24. The Morgan fingerprint density at radius 1 is 1.47 bits per heavy atom. The highest BCUT2D eigenvalue weighted by molar-refractivity contribution is 5.82. The van der Waals surface area contributed by atoms with Gasteiger partial charge in [-0.2, -0.15) is 5.26 Å². The van der Waals surface area contributed by atoms with Crippen molar-refractivity contribution in [2.45, 2.75) is 13.0 Å². The molecule has 1 unspecified atom stereocenters. The van der Waals surface area contributed by atoms with Crippen molar-refractivity contribution >= 4 is 5.78 Å². The van der Waals surface area contributed by atoms with Crippen molar-refractivity contribution in [1.82, 2.24) is 0 Å². The van der Waals surface area contributed by atoms with Crippen LogP contribution in [0, 0.1) is 21.4 Å². The zero-order valence-electron chi connectivity index (χ0n) is 8.08. The molecule has 0 fully saturated rings. The van der Waals surface area contributed by atoms with Crippen molar-refractivity contribution in [3.05, 3.63) is 40.7 Å². The maximum atomic E-state index is 10.2. The zero-order valence-corrected chi connectivity index (χ0v) is 8.08. The van der Waals surface area contributed by atoms with E-state index in [1.165, 1.54) is 6.07 Å². The molecule has 1 atom stereocenters. The van der Waals surface area contributed by atoms with E-state index in [-0.39, 0.29) is 0 Å². The van der Waals surface area contributed by atoms with Gasteiger partial charge in [-0.25, -0.2) is 4.98 Å². The minimum atomic E-state index is -1.69. The summed E-state index contributed by atoms with van der Waals surface area (Å²) in [7, 11) is 0. The molecule has 6 nitrogen and oxygen atoms in total. The minimum Gasteiger partial charge on any atom is -0.291 e. The summed E-state index contributed by atoms with van der Waals surface area (Å²) in [6.07, 6.45) is 3.75. The number of nitro groups is 1. The highest BCUT2D eigenvalue weighted by Gasteiger charge is 2.23. The Labute approximate surface area is 86.3 Å². The highest BCUT2D eigenvalue weighted by Crippen LogP contribution is 1.87. The van der Waals surface area contributed by atoms with Gasteiger partial charge in [-0.15, -0.1) is 0 Å². The number of hydrogen-bond acceptors (Lipinski definition) is 4. The number of ketones is 1. The number of nitriles is 1. The fourth-order valence-electron chi connectivity index (χ4n) is 0.628. The van der Waals surface area contributed by atoms with Crippen LogP contribution in [-0.2, 0) is 4.79 Å². The Kier molecular flexibility index (Phi) is 6.06. The number of hydrogen-bond donors (Lipinski definition) is 0. The molecule has 0 aromatic carbocycles. The average molecular weight is 208 g/mol. The van der Waals surface area contributed by atoms with Crippen LogP contribution in [0.15, 0.2) is 30.6 Å². The standard InChI is InChI=1S/C5H5N.C4H4N2O3/c1-2-4-6-5-3-1;1-3(7)4(2-5)6(8)9/h1-5H;4H,1H3/p+1. The molecule has 0 aliphatic rings. The second-order valence-electron chi connectivity index (χ2n) is 2.50. The summed E-state index contributed by atoms with van der Waals surface area (Å²) in [5.41, 5.74) is 0. The van der Waals surface area contributed by atoms with Gasteiger partial charge in [-0.1, -0.05) is 6.07 Å². The van der Waals surface area contributed by atoms with Crippen LogP contribution in [0.25, 0.3) is 0 Å². The minimum absolute atomic E-state index is 0.734. The van der Waals surface area contributed by atoms with Crippen LogP contribution in [-0.4, -0.2) is 16.7 Å². The first-order valence-electron chi connectivity index (χ1n) is 4.04. The Bertz CT molecular complexity index is 318. The van der Waals surface area contributed by atoms with E-state index in [1.54, 1.807) is 0 Å². The lowest BCUT2D eigenvalue weighted by molar-refractivity contribution is -0.492. The summed E-state index contributed by atoms with van der Waals surface area (Å²) in [5.74, 6) is -0.734. The lowest BCUT2D eigenvalue weighted by atomic mass is 10.2. The third-order valence-corrected chi connectivity index (χ3v) is 1.33. The van der Waals surface area contributed by atoms with Gasteiger partial charge in [0.2, 0.25) is 5.78 Å². The number of nitrogens with one attached hydrogen (secondary N) is 1. The molecule has 0 spiro atoms. The van der Waals surface area contributed by atoms with E-state index in [4.69, 9.17) is 5.26 Å². The van der Waals surface area contributed by atoms with Crippen LogP contribution < -0.4 is 4.98 Å². The van der Waals surface area contributed by atoms with Gasteiger partial charge in [0.15, 0.2) is 18.5 Å². The predicted octanol–water partition coefficient (Wildman–Crippen LogP) is 0.245. The van der Waals surface area contributed by atoms with Crippen molar-refractivity contribution in [2.75, 3.05) is 0 Å². The first-order valence-corrected chi connectivity index (χ1v) is 4.04. The fourth-order valence-corrected chi connectivity index (χ4v) is 0.628. The number of carbonyl (C=O) groups excluding carboxylic acids is 1. The first kappa shape index (κ1) is 12.7. The number of nitrogens with zero attached hydrogens (tertiary/aromatic N) is 2. The van der Waals surface area contributed by atoms with Crippen LogP contribution in [0.2, 0.25) is 0 Å². The van der Waals surface area contributed by atoms with Gasteiger partial charge in [0, 0.05) is 24.0 Å². The summed E-state index contributed by atoms with van der Waals surface area (Å²) in [6, 6.07) is 5.42. The van der Waals surface area contributed by atoms with Crippen LogP contribution in [0.4, 0.5) is 0 Å². The van der Waals surface area contributed by atoms with Gasteiger partial charge in [-0.05, 0) is 0 Å². The monoisotopic (exact) mass is 208 g/mol. The Morgan fingerprint density at radius 3 is 2.07 bits per heavy atom. The number of aromatic amines is 1. The number of pyridine rings is 1. The molecule has 0 aliphatic heterocycles. The average Bonchev–Trinajstić information content (AvgIpc) is 2.21. The van der Waals surface area contributed by atoms with Gasteiger partial charge in [-0.3, -0.25) is 14.9 Å². The molecule has 15 heavy (non-hydrogen) atoms. The SMILES string of the molecule is CC(=O)C(C#N)[N+](=O)[O-].c1cc[nH+]cc1. The molecule has 6 heteroatoms. The third-order valence-electron chi connectivity index (χ3n) is 1.33. The molecule has 0 aliphatic carbocycles. The largest absolute Gasteiger partial charge is 0.353 e. The number of Topliss-reactive ketones (excluding diaryl/α,β-unsaturated/α-hetero) is 1. The van der Waals surface area contributed by atoms with Crippen molar-refractivity contribution in [3.63, 3.8) is 0 Å². The van der Waals surface area contributed by atoms with E-state index in [1.807, 2.05) is 30.6 Å². The smallest absolute Gasteiger partial charge is 0.291 e. The van der Waals surface area contributed by atoms with E-state index >= 15 is 0 Å². The third kappa shape index (κ3) is 5.87. The molecule has 78 valence electrons. The van der Waals surface area contributed by atoms with Crippen LogP contribution in [0.5, 0.6) is 0 Å². The second kappa shape index (κ2) is 7.15. The number of aromatic nitrogens is 1. The topological polar surface area (TPSA) is 98.1 Å². The van der Waals surface area contributed by atoms with Gasteiger partial charge in [0.05, 0.1) is 0 Å². The van der Waals surface area contributed by atoms with E-state index in [0.29, 0.717) is 0 Å². The van der Waals surface area contributed by atoms with Crippen molar-refractivity contribution in [3.8, 4) is 6.07 Å². The fraction of sp³-hybridized carbons (Fsp3) is 0.222. The second-order valence-corrected chi connectivity index (χ2v) is 2.50. The Hall–Kier alpha value is -2.29. The number of rotatable bonds is 2. The predicted molar refractivity (Wildman–Crippen MR) is 50.1 cm³/mol. The molecule has 0 saturated carbocycles. The summed E-state index contributed by atoms with van der Waals surface area (Å²) < 4.78 is 0. The lowest BCUT2D eigenvalue weighted by Gasteiger charge is -1.91. The quantitative estimate of drug-likeness (QED) is 0.513. The van der Waals surface area contributed by atoms with E-state index in [0.717, 1.165) is 6.92 Å². The van der Waals surface area contributed by atoms with Gasteiger partial charge in [0.25, 0.3) is 0 Å². The molecule has 0 radical (unpaired) electrons. The van der Waals surface area contributed by atoms with Crippen molar-refractivity contribution < 1.29 is 14.7 Å². The number of carbonyl (C=O) groups is 1. The maximum Gasteiger partial charge on any atom is 0.353 e. The molecule has 0 saturated heterocycles. The number of H-pyrrole nitrogens is 1. The summed E-state index contributed by atoms with van der Waals surface area (Å²) in [5, 5.41) is 17.7. The first-order chi connectivity index (χ1) is 7.09. The summed E-state index contributed by atoms with van der Waals surface area (Å²) >= 11 is 0. The highest BCUT2D eigenvalue weighted by atomic mass is 16.6. The van der Waals surface area contributed by atoms with Gasteiger partial charge < -0.3 is 0 Å². The van der Waals surface area contributed by atoms with E-state index in [2.05, 4.69) is 4.98 Å². The van der Waals surface area contributed by atoms with Crippen molar-refractivity contribution in [2.24, 2.45) is 0 Å². The molecule has 1 aromatic rings. The zero-order chi connectivity index (χ0) is 11.7. The normalized spacial score (nSPS) is 10.1. The summed E-state index contributed by atoms with van der Waals surface area (Å²) in [4.78, 5) is 21.9. The molecule has 0 amide bonds. The molecular formula is C9H10N3O3+. The molecule has 0 bridgehead atoms. The Morgan fingerprint density at radius 2 is 2.00 bits per heavy atom. The van der Waals surface area contributed by atoms with Crippen LogP contribution in [0.3, 0.4) is 0 Å². The molecular weight excluding hydrogens is 198 g/mol. The van der Waals surface area contributed by atoms with Gasteiger partial charge in [0.1, 0.15) is 0 Å². The van der Waals surface area contributed by atoms with Crippen molar-refractivity contribution in [1.29, 1.82) is 5.26 Å².